The van der Waals surface area contributed by atoms with Crippen molar-refractivity contribution in [2.24, 2.45) is 7.05 Å². The molecular weight excluding hydrogens is 154 g/mol. The van der Waals surface area contributed by atoms with Crippen LogP contribution >= 0.6 is 0 Å². The van der Waals surface area contributed by atoms with E-state index in [1.807, 2.05) is 19.1 Å². The summed E-state index contributed by atoms with van der Waals surface area (Å²) in [6, 6.07) is 3.73. The molecule has 0 atom stereocenters. The number of imidazole rings is 1. The van der Waals surface area contributed by atoms with Crippen molar-refractivity contribution in [3.05, 3.63) is 28.3 Å². The molecule has 0 aliphatic rings. The van der Waals surface area contributed by atoms with Gasteiger partial charge in [0, 0.05) is 12.7 Å². The Labute approximate surface area is 68.9 Å². The molecule has 2 aromatic rings. The van der Waals surface area contributed by atoms with Gasteiger partial charge in [-0.05, 0) is 19.1 Å². The summed E-state index contributed by atoms with van der Waals surface area (Å²) in [4.78, 5) is 18.0. The minimum Gasteiger partial charge on any atom is -0.304 e. The first-order valence-electron chi connectivity index (χ1n) is 3.71. The Morgan fingerprint density at radius 2 is 2.25 bits per heavy atom. The summed E-state index contributed by atoms with van der Waals surface area (Å²) in [6.45, 7) is 1.90. The molecule has 4 heteroatoms. The molecule has 2 heterocycles. The van der Waals surface area contributed by atoms with E-state index >= 15 is 0 Å². The van der Waals surface area contributed by atoms with Crippen LogP contribution in [0.2, 0.25) is 0 Å². The van der Waals surface area contributed by atoms with Crippen molar-refractivity contribution in [2.45, 2.75) is 6.92 Å². The predicted octanol–water partition coefficient (Wildman–Crippen LogP) is 0.570. The zero-order valence-corrected chi connectivity index (χ0v) is 6.96. The molecule has 1 N–H and O–H groups in total. The Morgan fingerprint density at radius 3 is 3.00 bits per heavy atom. The minimum atomic E-state index is -0.122. The van der Waals surface area contributed by atoms with Crippen LogP contribution in [-0.2, 0) is 7.05 Å². The number of pyridine rings is 1. The molecule has 2 aromatic heterocycles. The van der Waals surface area contributed by atoms with Gasteiger partial charge in [-0.15, -0.1) is 0 Å². The smallest absolute Gasteiger partial charge is 0.304 e. The molecule has 0 saturated carbocycles. The number of fused-ring (bicyclic) bond motifs is 1. The molecule has 0 bridgehead atoms. The first-order chi connectivity index (χ1) is 5.68. The van der Waals surface area contributed by atoms with Crippen LogP contribution < -0.4 is 5.69 Å². The highest BCUT2D eigenvalue weighted by molar-refractivity contribution is 5.70. The molecule has 0 saturated heterocycles. The third-order valence-corrected chi connectivity index (χ3v) is 1.88. The summed E-state index contributed by atoms with van der Waals surface area (Å²) in [5, 5.41) is 0. The topological polar surface area (TPSA) is 50.7 Å². The molecule has 0 unspecified atom stereocenters. The Bertz CT molecular complexity index is 480. The fourth-order valence-corrected chi connectivity index (χ4v) is 1.19. The van der Waals surface area contributed by atoms with Crippen LogP contribution in [0, 0.1) is 6.92 Å². The average Bonchev–Trinajstić information content (AvgIpc) is 2.31. The number of nitrogens with zero attached hydrogens (tertiary/aromatic N) is 2. The van der Waals surface area contributed by atoms with E-state index in [0.717, 1.165) is 11.2 Å². The lowest BCUT2D eigenvalue weighted by molar-refractivity contribution is 0.876. The summed E-state index contributed by atoms with van der Waals surface area (Å²) in [5.74, 6) is 0. The van der Waals surface area contributed by atoms with Crippen molar-refractivity contribution in [2.75, 3.05) is 0 Å². The summed E-state index contributed by atoms with van der Waals surface area (Å²) < 4.78 is 1.50. The third-order valence-electron chi connectivity index (χ3n) is 1.88. The monoisotopic (exact) mass is 163 g/mol. The van der Waals surface area contributed by atoms with Gasteiger partial charge < -0.3 is 4.98 Å². The molecule has 12 heavy (non-hydrogen) atoms. The second-order valence-electron chi connectivity index (χ2n) is 2.81. The van der Waals surface area contributed by atoms with Crippen LogP contribution in [0.5, 0.6) is 0 Å². The lowest BCUT2D eigenvalue weighted by Crippen LogP contribution is -2.12. The predicted molar refractivity (Wildman–Crippen MR) is 46.1 cm³/mol. The largest absolute Gasteiger partial charge is 0.327 e. The number of hydrogen-bond donors (Lipinski definition) is 1. The molecule has 0 amide bonds. The highest BCUT2D eigenvalue weighted by atomic mass is 16.1. The fourth-order valence-electron chi connectivity index (χ4n) is 1.19. The third kappa shape index (κ3) is 0.845. The molecule has 0 fully saturated rings. The van der Waals surface area contributed by atoms with Crippen molar-refractivity contribution in [3.63, 3.8) is 0 Å². The van der Waals surface area contributed by atoms with Gasteiger partial charge in [-0.3, -0.25) is 4.57 Å². The quantitative estimate of drug-likeness (QED) is 0.617. The number of aryl methyl sites for hydroxylation is 2. The van der Waals surface area contributed by atoms with Gasteiger partial charge in [0.1, 0.15) is 0 Å². The standard InChI is InChI=1S/C8H9N3O/c1-5-3-4-6-7(9-5)11(2)8(12)10-6/h3-4H,1-2H3,(H,10,12). The zero-order valence-electron chi connectivity index (χ0n) is 6.96. The van der Waals surface area contributed by atoms with Gasteiger partial charge in [-0.25, -0.2) is 9.78 Å². The van der Waals surface area contributed by atoms with Gasteiger partial charge in [0.25, 0.3) is 0 Å². The van der Waals surface area contributed by atoms with Crippen molar-refractivity contribution >= 4 is 11.2 Å². The molecule has 0 aromatic carbocycles. The van der Waals surface area contributed by atoms with E-state index in [9.17, 15) is 4.79 Å². The molecule has 4 nitrogen and oxygen atoms in total. The number of hydrogen-bond acceptors (Lipinski definition) is 2. The van der Waals surface area contributed by atoms with Gasteiger partial charge in [0.05, 0.1) is 5.52 Å². The maximum atomic E-state index is 11.1. The van der Waals surface area contributed by atoms with Gasteiger partial charge >= 0.3 is 5.69 Å². The van der Waals surface area contributed by atoms with Gasteiger partial charge in [0.15, 0.2) is 5.65 Å². The van der Waals surface area contributed by atoms with Crippen LogP contribution in [0.25, 0.3) is 11.2 Å². The number of aromatic amines is 1. The van der Waals surface area contributed by atoms with E-state index in [2.05, 4.69) is 9.97 Å². The summed E-state index contributed by atoms with van der Waals surface area (Å²) in [7, 11) is 1.70. The first kappa shape index (κ1) is 7.09. The van der Waals surface area contributed by atoms with Crippen LogP contribution in [0.3, 0.4) is 0 Å². The fraction of sp³-hybridized carbons (Fsp3) is 0.250. The number of rotatable bonds is 0. The Morgan fingerprint density at radius 1 is 1.50 bits per heavy atom. The van der Waals surface area contributed by atoms with Crippen LogP contribution in [0.15, 0.2) is 16.9 Å². The Hall–Kier alpha value is -1.58. The Balaban J connectivity index is 2.98. The van der Waals surface area contributed by atoms with Crippen molar-refractivity contribution < 1.29 is 0 Å². The van der Waals surface area contributed by atoms with Gasteiger partial charge in [0.2, 0.25) is 0 Å². The number of H-pyrrole nitrogens is 1. The summed E-state index contributed by atoms with van der Waals surface area (Å²) >= 11 is 0. The van der Waals surface area contributed by atoms with E-state index in [0.29, 0.717) is 5.65 Å². The molecule has 0 spiro atoms. The number of aromatic nitrogens is 3. The lowest BCUT2D eigenvalue weighted by Gasteiger charge is -1.93. The van der Waals surface area contributed by atoms with E-state index < -0.39 is 0 Å². The van der Waals surface area contributed by atoms with Crippen LogP contribution in [0.4, 0.5) is 0 Å². The first-order valence-corrected chi connectivity index (χ1v) is 3.71. The number of nitrogens with one attached hydrogen (secondary N) is 1. The molecule has 2 rings (SSSR count). The normalized spacial score (nSPS) is 10.8. The second-order valence-corrected chi connectivity index (χ2v) is 2.81. The van der Waals surface area contributed by atoms with Crippen LogP contribution in [-0.4, -0.2) is 14.5 Å². The average molecular weight is 163 g/mol. The summed E-state index contributed by atoms with van der Waals surface area (Å²) in [5.41, 5.74) is 2.29. The lowest BCUT2D eigenvalue weighted by atomic mass is 10.3. The van der Waals surface area contributed by atoms with Crippen molar-refractivity contribution in [1.82, 2.24) is 14.5 Å². The van der Waals surface area contributed by atoms with Gasteiger partial charge in [-0.1, -0.05) is 0 Å². The van der Waals surface area contributed by atoms with E-state index in [4.69, 9.17) is 0 Å². The molecule has 0 radical (unpaired) electrons. The van der Waals surface area contributed by atoms with E-state index in [1.54, 1.807) is 7.05 Å². The molecule has 0 aliphatic carbocycles. The zero-order chi connectivity index (χ0) is 8.72. The van der Waals surface area contributed by atoms with Crippen LogP contribution in [0.1, 0.15) is 5.69 Å². The highest BCUT2D eigenvalue weighted by Gasteiger charge is 2.02. The molecular formula is C8H9N3O. The SMILES string of the molecule is Cc1ccc2[nH]c(=O)n(C)c2n1. The summed E-state index contributed by atoms with van der Waals surface area (Å²) in [6.07, 6.45) is 0. The minimum absolute atomic E-state index is 0.122. The molecule has 62 valence electrons. The van der Waals surface area contributed by atoms with E-state index in [-0.39, 0.29) is 5.69 Å². The van der Waals surface area contributed by atoms with Crippen molar-refractivity contribution in [1.29, 1.82) is 0 Å². The Kier molecular flexibility index (Phi) is 1.30. The van der Waals surface area contributed by atoms with E-state index in [1.165, 1.54) is 4.57 Å². The molecule has 0 aliphatic heterocycles. The maximum absolute atomic E-state index is 11.1. The highest BCUT2D eigenvalue weighted by Crippen LogP contribution is 2.05. The van der Waals surface area contributed by atoms with Crippen molar-refractivity contribution in [3.8, 4) is 0 Å². The van der Waals surface area contributed by atoms with Gasteiger partial charge in [-0.2, -0.15) is 0 Å². The second kappa shape index (κ2) is 2.20. The maximum Gasteiger partial charge on any atom is 0.327 e.